The minimum Gasteiger partial charge on any atom is -0.378 e. The predicted octanol–water partition coefficient (Wildman–Crippen LogP) is 1.57. The van der Waals surface area contributed by atoms with Gasteiger partial charge in [0.25, 0.3) is 0 Å². The lowest BCUT2D eigenvalue weighted by atomic mass is 10.2. The highest BCUT2D eigenvalue weighted by Crippen LogP contribution is 2.21. The zero-order chi connectivity index (χ0) is 12.1. The minimum absolute atomic E-state index is 0.122. The highest BCUT2D eigenvalue weighted by atomic mass is 35.5. The summed E-state index contributed by atoms with van der Waals surface area (Å²) in [7, 11) is 3.90. The average molecular weight is 257 g/mol. The van der Waals surface area contributed by atoms with Gasteiger partial charge in [-0.1, -0.05) is 11.6 Å². The Morgan fingerprint density at radius 3 is 2.75 bits per heavy atom. The van der Waals surface area contributed by atoms with Crippen LogP contribution in [0.25, 0.3) is 0 Å². The average Bonchev–Trinajstić information content (AvgIpc) is 2.19. The van der Waals surface area contributed by atoms with E-state index in [4.69, 9.17) is 17.3 Å². The van der Waals surface area contributed by atoms with Gasteiger partial charge in [0.2, 0.25) is 0 Å². The standard InChI is InChI=1S/C10H13ClN4S/c1-15(2)8-4-3-7(9(11)5-8)6-13-14-10(12)16/h3-6H,1-2H3,(H3,12,14,16). The van der Waals surface area contributed by atoms with Gasteiger partial charge in [0.05, 0.1) is 11.2 Å². The number of halogens is 1. The summed E-state index contributed by atoms with van der Waals surface area (Å²) in [5.41, 5.74) is 9.53. The fourth-order valence-corrected chi connectivity index (χ4v) is 1.34. The second-order valence-electron chi connectivity index (χ2n) is 3.33. The van der Waals surface area contributed by atoms with Crippen LogP contribution in [0.3, 0.4) is 0 Å². The van der Waals surface area contributed by atoms with Crippen molar-refractivity contribution >= 4 is 40.8 Å². The van der Waals surface area contributed by atoms with Gasteiger partial charge < -0.3 is 10.6 Å². The fraction of sp³-hybridized carbons (Fsp3) is 0.200. The summed E-state index contributed by atoms with van der Waals surface area (Å²) in [6, 6.07) is 5.69. The molecule has 0 amide bonds. The zero-order valence-corrected chi connectivity index (χ0v) is 10.6. The number of hydrogen-bond donors (Lipinski definition) is 2. The number of anilines is 1. The van der Waals surface area contributed by atoms with Crippen molar-refractivity contribution in [2.45, 2.75) is 0 Å². The predicted molar refractivity (Wildman–Crippen MR) is 73.3 cm³/mol. The molecule has 0 fully saturated rings. The second-order valence-corrected chi connectivity index (χ2v) is 4.18. The Balaban J connectivity index is 2.83. The molecule has 0 aliphatic rings. The van der Waals surface area contributed by atoms with Gasteiger partial charge in [0, 0.05) is 25.3 Å². The van der Waals surface area contributed by atoms with Crippen LogP contribution in [0.2, 0.25) is 5.02 Å². The molecule has 6 heteroatoms. The molecule has 0 aliphatic carbocycles. The maximum absolute atomic E-state index is 6.08. The van der Waals surface area contributed by atoms with Crippen LogP contribution in [0.1, 0.15) is 5.56 Å². The highest BCUT2D eigenvalue weighted by Gasteiger charge is 2.00. The van der Waals surface area contributed by atoms with Crippen molar-refractivity contribution < 1.29 is 0 Å². The number of hydrazone groups is 1. The Hall–Kier alpha value is -1.33. The quantitative estimate of drug-likeness (QED) is 0.490. The minimum atomic E-state index is 0.122. The van der Waals surface area contributed by atoms with Gasteiger partial charge in [-0.2, -0.15) is 5.10 Å². The Bertz CT molecular complexity index is 417. The molecule has 16 heavy (non-hydrogen) atoms. The van der Waals surface area contributed by atoms with Crippen molar-refractivity contribution in [2.75, 3.05) is 19.0 Å². The monoisotopic (exact) mass is 256 g/mol. The third-order valence-electron chi connectivity index (χ3n) is 1.88. The Kier molecular flexibility index (Phi) is 4.52. The number of nitrogens with two attached hydrogens (primary N) is 1. The number of nitrogens with zero attached hydrogens (tertiary/aromatic N) is 2. The van der Waals surface area contributed by atoms with Gasteiger partial charge in [0.15, 0.2) is 5.11 Å². The lowest BCUT2D eigenvalue weighted by Gasteiger charge is -2.12. The van der Waals surface area contributed by atoms with Crippen molar-refractivity contribution in [3.05, 3.63) is 28.8 Å². The molecule has 0 aliphatic heterocycles. The molecule has 1 rings (SSSR count). The molecular formula is C10H13ClN4S. The van der Waals surface area contributed by atoms with Crippen LogP contribution in [0.5, 0.6) is 0 Å². The summed E-state index contributed by atoms with van der Waals surface area (Å²) in [4.78, 5) is 1.97. The molecule has 0 unspecified atom stereocenters. The molecule has 0 spiro atoms. The summed E-state index contributed by atoms with van der Waals surface area (Å²) in [5, 5.41) is 4.58. The van der Waals surface area contributed by atoms with Gasteiger partial charge in [-0.25, -0.2) is 0 Å². The number of nitrogens with one attached hydrogen (secondary N) is 1. The Morgan fingerprint density at radius 1 is 1.56 bits per heavy atom. The lowest BCUT2D eigenvalue weighted by Crippen LogP contribution is -2.24. The Morgan fingerprint density at radius 2 is 2.25 bits per heavy atom. The topological polar surface area (TPSA) is 53.6 Å². The normalized spacial score (nSPS) is 10.4. The molecule has 0 radical (unpaired) electrons. The van der Waals surface area contributed by atoms with E-state index in [2.05, 4.69) is 22.7 Å². The van der Waals surface area contributed by atoms with E-state index in [1.807, 2.05) is 37.2 Å². The molecule has 86 valence electrons. The number of thiocarbonyl (C=S) groups is 1. The van der Waals surface area contributed by atoms with Crippen LogP contribution >= 0.6 is 23.8 Å². The molecule has 0 aromatic heterocycles. The molecule has 4 nitrogen and oxygen atoms in total. The van der Waals surface area contributed by atoms with Crippen molar-refractivity contribution in [3.63, 3.8) is 0 Å². The van der Waals surface area contributed by atoms with Gasteiger partial charge in [0.1, 0.15) is 0 Å². The van der Waals surface area contributed by atoms with Crippen molar-refractivity contribution in [1.82, 2.24) is 5.43 Å². The van der Waals surface area contributed by atoms with Crippen LogP contribution in [0.15, 0.2) is 23.3 Å². The van der Waals surface area contributed by atoms with Crippen LogP contribution in [0.4, 0.5) is 5.69 Å². The molecular weight excluding hydrogens is 244 g/mol. The summed E-state index contributed by atoms with van der Waals surface area (Å²) < 4.78 is 0. The molecule has 0 heterocycles. The van der Waals surface area contributed by atoms with E-state index in [9.17, 15) is 0 Å². The van der Waals surface area contributed by atoms with E-state index in [-0.39, 0.29) is 5.11 Å². The summed E-state index contributed by atoms with van der Waals surface area (Å²) in [5.74, 6) is 0. The first kappa shape index (κ1) is 12.7. The highest BCUT2D eigenvalue weighted by molar-refractivity contribution is 7.80. The van der Waals surface area contributed by atoms with Crippen molar-refractivity contribution in [1.29, 1.82) is 0 Å². The van der Waals surface area contributed by atoms with Crippen LogP contribution < -0.4 is 16.1 Å². The molecule has 0 bridgehead atoms. The molecule has 3 N–H and O–H groups in total. The van der Waals surface area contributed by atoms with Crippen LogP contribution in [-0.4, -0.2) is 25.4 Å². The molecule has 0 saturated carbocycles. The SMILES string of the molecule is CN(C)c1ccc(C=NNC(N)=S)c(Cl)c1. The maximum atomic E-state index is 6.08. The fourth-order valence-electron chi connectivity index (χ4n) is 1.06. The lowest BCUT2D eigenvalue weighted by molar-refractivity contribution is 1.04. The van der Waals surface area contributed by atoms with Gasteiger partial charge in [-0.3, -0.25) is 5.43 Å². The van der Waals surface area contributed by atoms with E-state index in [1.54, 1.807) is 6.21 Å². The van der Waals surface area contributed by atoms with E-state index in [1.165, 1.54) is 0 Å². The summed E-state index contributed by atoms with van der Waals surface area (Å²) >= 11 is 10.7. The number of hydrogen-bond acceptors (Lipinski definition) is 3. The van der Waals surface area contributed by atoms with E-state index in [0.29, 0.717) is 5.02 Å². The second kappa shape index (κ2) is 5.67. The number of rotatable bonds is 3. The van der Waals surface area contributed by atoms with E-state index in [0.717, 1.165) is 11.3 Å². The molecule has 0 atom stereocenters. The smallest absolute Gasteiger partial charge is 0.184 e. The molecule has 1 aromatic carbocycles. The zero-order valence-electron chi connectivity index (χ0n) is 9.07. The van der Waals surface area contributed by atoms with E-state index < -0.39 is 0 Å². The van der Waals surface area contributed by atoms with Gasteiger partial charge in [-0.15, -0.1) is 0 Å². The van der Waals surface area contributed by atoms with Crippen molar-refractivity contribution in [3.8, 4) is 0 Å². The third-order valence-corrected chi connectivity index (χ3v) is 2.30. The number of benzene rings is 1. The summed E-state index contributed by atoms with van der Waals surface area (Å²) in [6.45, 7) is 0. The largest absolute Gasteiger partial charge is 0.378 e. The first-order valence-corrected chi connectivity index (χ1v) is 5.34. The van der Waals surface area contributed by atoms with Gasteiger partial charge >= 0.3 is 0 Å². The first-order valence-electron chi connectivity index (χ1n) is 4.56. The molecule has 0 saturated heterocycles. The van der Waals surface area contributed by atoms with Crippen molar-refractivity contribution in [2.24, 2.45) is 10.8 Å². The maximum Gasteiger partial charge on any atom is 0.184 e. The Labute approximate surface area is 105 Å². The third kappa shape index (κ3) is 3.67. The van der Waals surface area contributed by atoms with E-state index >= 15 is 0 Å². The van der Waals surface area contributed by atoms with Gasteiger partial charge in [-0.05, 0) is 30.4 Å². The van der Waals surface area contributed by atoms with Crippen LogP contribution in [-0.2, 0) is 0 Å². The molecule has 1 aromatic rings. The first-order chi connectivity index (χ1) is 7.50. The van der Waals surface area contributed by atoms with Crippen LogP contribution in [0, 0.1) is 0 Å². The summed E-state index contributed by atoms with van der Waals surface area (Å²) in [6.07, 6.45) is 1.57.